The van der Waals surface area contributed by atoms with Gasteiger partial charge in [0, 0.05) is 17.6 Å². The summed E-state index contributed by atoms with van der Waals surface area (Å²) in [5.41, 5.74) is -0.421. The molecule has 19 heavy (non-hydrogen) atoms. The lowest BCUT2D eigenvalue weighted by molar-refractivity contribution is -0.387. The molecule has 6 nitrogen and oxygen atoms in total. The van der Waals surface area contributed by atoms with E-state index in [1.165, 1.54) is 6.07 Å². The number of rotatable bonds is 3. The van der Waals surface area contributed by atoms with E-state index in [2.05, 4.69) is 5.32 Å². The molecule has 0 aliphatic carbocycles. The van der Waals surface area contributed by atoms with Crippen molar-refractivity contribution in [3.8, 4) is 0 Å². The van der Waals surface area contributed by atoms with Crippen LogP contribution in [-0.4, -0.2) is 31.7 Å². The van der Waals surface area contributed by atoms with Gasteiger partial charge in [0.1, 0.15) is 4.90 Å². The van der Waals surface area contributed by atoms with Gasteiger partial charge in [-0.25, -0.2) is 8.42 Å². The molecule has 1 unspecified atom stereocenters. The van der Waals surface area contributed by atoms with Crippen LogP contribution in [-0.2, 0) is 9.84 Å². The number of hydrogen-bond donors (Lipinski definition) is 1. The first-order valence-electron chi connectivity index (χ1n) is 5.81. The van der Waals surface area contributed by atoms with Crippen molar-refractivity contribution in [3.05, 3.63) is 33.3 Å². The van der Waals surface area contributed by atoms with Crippen LogP contribution in [0, 0.1) is 10.1 Å². The molecule has 104 valence electrons. The number of piperidine rings is 1. The van der Waals surface area contributed by atoms with Crippen LogP contribution in [0.1, 0.15) is 12.8 Å². The van der Waals surface area contributed by atoms with Crippen LogP contribution in [0.3, 0.4) is 0 Å². The van der Waals surface area contributed by atoms with E-state index < -0.39 is 25.7 Å². The molecule has 0 aromatic heterocycles. The molecule has 1 atom stereocenters. The first-order valence-corrected chi connectivity index (χ1v) is 7.74. The smallest absolute Gasteiger partial charge is 0.288 e. The summed E-state index contributed by atoms with van der Waals surface area (Å²) in [6.45, 7) is 1.08. The van der Waals surface area contributed by atoms with Crippen LogP contribution in [0.25, 0.3) is 0 Å². The third-order valence-corrected chi connectivity index (χ3v) is 5.57. The van der Waals surface area contributed by atoms with Crippen LogP contribution in [0.2, 0.25) is 5.02 Å². The second kappa shape index (κ2) is 5.44. The summed E-state index contributed by atoms with van der Waals surface area (Å²) in [5.74, 6) is 0. The Hall–Kier alpha value is -1.18. The van der Waals surface area contributed by atoms with Crippen molar-refractivity contribution in [3.63, 3.8) is 0 Å². The second-order valence-corrected chi connectivity index (χ2v) is 7.02. The SMILES string of the molecule is O=[N+]([O-])c1ccc(Cl)cc1S(=O)(=O)C1CCCNC1. The van der Waals surface area contributed by atoms with Gasteiger partial charge in [-0.2, -0.15) is 0 Å². The Bertz CT molecular complexity index is 597. The predicted molar refractivity (Wildman–Crippen MR) is 71.2 cm³/mol. The average Bonchev–Trinajstić information content (AvgIpc) is 2.39. The number of halogens is 1. The molecule has 1 N–H and O–H groups in total. The summed E-state index contributed by atoms with van der Waals surface area (Å²) in [7, 11) is -3.75. The van der Waals surface area contributed by atoms with Gasteiger partial charge in [0.25, 0.3) is 5.69 Å². The summed E-state index contributed by atoms with van der Waals surface area (Å²) in [4.78, 5) is 9.96. The van der Waals surface area contributed by atoms with Crippen molar-refractivity contribution in [1.29, 1.82) is 0 Å². The minimum Gasteiger partial charge on any atom is -0.315 e. The molecule has 1 heterocycles. The first kappa shape index (κ1) is 14.2. The van der Waals surface area contributed by atoms with Gasteiger partial charge in [0.15, 0.2) is 9.84 Å². The molecule has 1 fully saturated rings. The Kier molecular flexibility index (Phi) is 4.07. The molecule has 1 aromatic carbocycles. The zero-order chi connectivity index (χ0) is 14.0. The van der Waals surface area contributed by atoms with Crippen LogP contribution < -0.4 is 5.32 Å². The van der Waals surface area contributed by atoms with Crippen LogP contribution in [0.4, 0.5) is 5.69 Å². The first-order chi connectivity index (χ1) is 8.93. The molecule has 1 saturated heterocycles. The summed E-state index contributed by atoms with van der Waals surface area (Å²) < 4.78 is 24.9. The summed E-state index contributed by atoms with van der Waals surface area (Å²) in [5, 5.41) is 13.5. The van der Waals surface area contributed by atoms with Gasteiger partial charge in [0.05, 0.1) is 10.2 Å². The topological polar surface area (TPSA) is 89.3 Å². The molecule has 2 rings (SSSR count). The van der Waals surface area contributed by atoms with Crippen LogP contribution in [0.5, 0.6) is 0 Å². The van der Waals surface area contributed by atoms with Gasteiger partial charge in [0.2, 0.25) is 0 Å². The van der Waals surface area contributed by atoms with Crippen molar-refractivity contribution >= 4 is 27.1 Å². The van der Waals surface area contributed by atoms with E-state index in [1.54, 1.807) is 0 Å². The Morgan fingerprint density at radius 3 is 2.74 bits per heavy atom. The molecule has 1 aliphatic heterocycles. The zero-order valence-electron chi connectivity index (χ0n) is 10.0. The number of nitro benzene ring substituents is 1. The Balaban J connectivity index is 2.49. The molecule has 0 spiro atoms. The zero-order valence-corrected chi connectivity index (χ0v) is 11.6. The molecular weight excluding hydrogens is 292 g/mol. The largest absolute Gasteiger partial charge is 0.315 e. The third kappa shape index (κ3) is 2.88. The number of sulfone groups is 1. The van der Waals surface area contributed by atoms with Crippen LogP contribution in [0.15, 0.2) is 23.1 Å². The number of benzene rings is 1. The Morgan fingerprint density at radius 2 is 2.16 bits per heavy atom. The minimum absolute atomic E-state index is 0.174. The maximum absolute atomic E-state index is 12.5. The monoisotopic (exact) mass is 304 g/mol. The Labute approximate surface area is 115 Å². The maximum atomic E-state index is 12.5. The van der Waals surface area contributed by atoms with E-state index in [0.717, 1.165) is 25.1 Å². The predicted octanol–water partition coefficient (Wildman–Crippen LogP) is 1.77. The molecule has 0 amide bonds. The lowest BCUT2D eigenvalue weighted by atomic mass is 10.2. The molecule has 1 aromatic rings. The number of nitrogens with zero attached hydrogens (tertiary/aromatic N) is 1. The van der Waals surface area contributed by atoms with E-state index in [0.29, 0.717) is 13.0 Å². The van der Waals surface area contributed by atoms with Crippen LogP contribution >= 0.6 is 11.6 Å². The average molecular weight is 305 g/mol. The van der Waals surface area contributed by atoms with E-state index in [1.807, 2.05) is 0 Å². The summed E-state index contributed by atoms with van der Waals surface area (Å²) in [6.07, 6.45) is 1.23. The highest BCUT2D eigenvalue weighted by atomic mass is 35.5. The van der Waals surface area contributed by atoms with E-state index in [4.69, 9.17) is 11.6 Å². The van der Waals surface area contributed by atoms with Gasteiger partial charge in [-0.3, -0.25) is 10.1 Å². The normalized spacial score (nSPS) is 20.2. The third-order valence-electron chi connectivity index (χ3n) is 3.12. The molecule has 0 radical (unpaired) electrons. The molecule has 1 aliphatic rings. The highest BCUT2D eigenvalue weighted by molar-refractivity contribution is 7.92. The number of hydrogen-bond acceptors (Lipinski definition) is 5. The number of nitrogens with one attached hydrogen (secondary N) is 1. The van der Waals surface area contributed by atoms with Gasteiger partial charge in [-0.05, 0) is 31.5 Å². The van der Waals surface area contributed by atoms with E-state index in [-0.39, 0.29) is 9.92 Å². The van der Waals surface area contributed by atoms with E-state index in [9.17, 15) is 18.5 Å². The van der Waals surface area contributed by atoms with Gasteiger partial charge < -0.3 is 5.32 Å². The van der Waals surface area contributed by atoms with Crippen molar-refractivity contribution in [2.75, 3.05) is 13.1 Å². The van der Waals surface area contributed by atoms with Crippen molar-refractivity contribution in [2.24, 2.45) is 0 Å². The van der Waals surface area contributed by atoms with Gasteiger partial charge in [-0.1, -0.05) is 11.6 Å². The number of nitro groups is 1. The summed E-state index contributed by atoms with van der Waals surface area (Å²) >= 11 is 5.76. The lowest BCUT2D eigenvalue weighted by Gasteiger charge is -2.22. The fourth-order valence-corrected chi connectivity index (χ4v) is 4.27. The Morgan fingerprint density at radius 1 is 1.42 bits per heavy atom. The summed E-state index contributed by atoms with van der Waals surface area (Å²) in [6, 6.07) is 3.60. The molecule has 0 bridgehead atoms. The second-order valence-electron chi connectivity index (χ2n) is 4.38. The molecule has 8 heteroatoms. The fourth-order valence-electron chi connectivity index (χ4n) is 2.13. The lowest BCUT2D eigenvalue weighted by Crippen LogP contribution is -2.38. The highest BCUT2D eigenvalue weighted by Crippen LogP contribution is 2.31. The van der Waals surface area contributed by atoms with Crippen molar-refractivity contribution < 1.29 is 13.3 Å². The molecule has 0 saturated carbocycles. The van der Waals surface area contributed by atoms with Crippen molar-refractivity contribution in [2.45, 2.75) is 23.0 Å². The van der Waals surface area contributed by atoms with Gasteiger partial charge >= 0.3 is 0 Å². The standard InChI is InChI=1S/C11H13ClN2O4S/c12-8-3-4-10(14(15)16)11(6-8)19(17,18)9-2-1-5-13-7-9/h3-4,6,9,13H,1-2,5,7H2. The minimum atomic E-state index is -3.75. The van der Waals surface area contributed by atoms with Gasteiger partial charge in [-0.15, -0.1) is 0 Å². The fraction of sp³-hybridized carbons (Fsp3) is 0.455. The highest BCUT2D eigenvalue weighted by Gasteiger charge is 2.34. The van der Waals surface area contributed by atoms with E-state index >= 15 is 0 Å². The quantitative estimate of drug-likeness (QED) is 0.679. The van der Waals surface area contributed by atoms with Crippen molar-refractivity contribution in [1.82, 2.24) is 5.32 Å². The molecular formula is C11H13ClN2O4S. The maximum Gasteiger partial charge on any atom is 0.288 e.